The van der Waals surface area contributed by atoms with Crippen LogP contribution in [0.4, 0.5) is 0 Å². The van der Waals surface area contributed by atoms with Crippen LogP contribution < -0.4 is 5.73 Å². The molecule has 0 aliphatic carbocycles. The maximum atomic E-state index is 5.68. The van der Waals surface area contributed by atoms with Crippen LogP contribution in [0.5, 0.6) is 0 Å². The molecule has 0 spiro atoms. The lowest BCUT2D eigenvalue weighted by atomic mass is 10.3. The first kappa shape index (κ1) is 10.7. The third kappa shape index (κ3) is 6.07. The second-order valence-electron chi connectivity index (χ2n) is 3.03. The molecule has 0 aliphatic heterocycles. The minimum absolute atomic E-state index is 0.265. The Morgan fingerprint density at radius 3 is 2.64 bits per heavy atom. The number of hydrogen-bond acceptors (Lipinski definition) is 2. The molecule has 0 fully saturated rings. The van der Waals surface area contributed by atoms with Gasteiger partial charge in [0.25, 0.3) is 0 Å². The molecule has 0 aliphatic rings. The lowest BCUT2D eigenvalue weighted by molar-refractivity contribution is 0.288. The van der Waals surface area contributed by atoms with E-state index < -0.39 is 0 Å². The van der Waals surface area contributed by atoms with Gasteiger partial charge in [-0.15, -0.1) is 6.58 Å². The Kier molecular flexibility index (Phi) is 6.18. The van der Waals surface area contributed by atoms with Gasteiger partial charge in [0.15, 0.2) is 0 Å². The fourth-order valence-corrected chi connectivity index (χ4v) is 1.16. The highest BCUT2D eigenvalue weighted by Crippen LogP contribution is 1.92. The lowest BCUT2D eigenvalue weighted by Crippen LogP contribution is -2.36. The topological polar surface area (TPSA) is 29.3 Å². The lowest BCUT2D eigenvalue weighted by Gasteiger charge is -2.21. The summed E-state index contributed by atoms with van der Waals surface area (Å²) in [6.07, 6.45) is 3.11. The molecule has 1 atom stereocenters. The van der Waals surface area contributed by atoms with E-state index in [1.54, 1.807) is 0 Å². The minimum atomic E-state index is 0.265. The predicted octanol–water partition coefficient (Wildman–Crippen LogP) is 1.23. The first-order chi connectivity index (χ1) is 5.20. The largest absolute Gasteiger partial charge is 0.327 e. The van der Waals surface area contributed by atoms with Gasteiger partial charge in [0.05, 0.1) is 0 Å². The Hall–Kier alpha value is -0.340. The Balaban J connectivity index is 3.58. The second-order valence-corrected chi connectivity index (χ2v) is 3.03. The van der Waals surface area contributed by atoms with Gasteiger partial charge in [0, 0.05) is 19.1 Å². The van der Waals surface area contributed by atoms with Gasteiger partial charge in [-0.2, -0.15) is 0 Å². The summed E-state index contributed by atoms with van der Waals surface area (Å²) in [6.45, 7) is 11.0. The fourth-order valence-electron chi connectivity index (χ4n) is 1.16. The Bertz CT molecular complexity index is 99.7. The van der Waals surface area contributed by atoms with E-state index in [1.807, 2.05) is 13.0 Å². The van der Waals surface area contributed by atoms with Crippen molar-refractivity contribution < 1.29 is 0 Å². The molecule has 0 rings (SSSR count). The van der Waals surface area contributed by atoms with Crippen LogP contribution in [-0.4, -0.2) is 30.6 Å². The van der Waals surface area contributed by atoms with Crippen LogP contribution in [-0.2, 0) is 0 Å². The quantitative estimate of drug-likeness (QED) is 0.586. The van der Waals surface area contributed by atoms with Crippen LogP contribution in [0.2, 0.25) is 0 Å². The standard InChI is InChI=1S/C9H20N2/c1-4-6-11(7-5-2)8-9(3)10/h4,9H,1,5-8,10H2,2-3H3. The van der Waals surface area contributed by atoms with E-state index in [0.717, 1.165) is 19.6 Å². The average molecular weight is 156 g/mol. The summed E-state index contributed by atoms with van der Waals surface area (Å²) in [4.78, 5) is 2.32. The van der Waals surface area contributed by atoms with E-state index in [9.17, 15) is 0 Å². The zero-order valence-electron chi connectivity index (χ0n) is 7.71. The van der Waals surface area contributed by atoms with Gasteiger partial charge in [-0.25, -0.2) is 0 Å². The minimum Gasteiger partial charge on any atom is -0.327 e. The molecule has 0 aromatic rings. The Labute approximate surface area is 70.1 Å². The highest BCUT2D eigenvalue weighted by molar-refractivity contribution is 4.74. The number of nitrogens with two attached hydrogens (primary N) is 1. The van der Waals surface area contributed by atoms with Crippen LogP contribution in [0, 0.1) is 0 Å². The molecular formula is C9H20N2. The van der Waals surface area contributed by atoms with Crippen molar-refractivity contribution in [3.8, 4) is 0 Å². The fraction of sp³-hybridized carbons (Fsp3) is 0.778. The van der Waals surface area contributed by atoms with Crippen molar-refractivity contribution in [2.45, 2.75) is 26.3 Å². The van der Waals surface area contributed by atoms with Crippen LogP contribution in [0.25, 0.3) is 0 Å². The van der Waals surface area contributed by atoms with Gasteiger partial charge in [0.2, 0.25) is 0 Å². The molecule has 0 aromatic heterocycles. The first-order valence-electron chi connectivity index (χ1n) is 4.29. The molecule has 11 heavy (non-hydrogen) atoms. The molecule has 0 saturated heterocycles. The maximum absolute atomic E-state index is 5.68. The summed E-state index contributed by atoms with van der Waals surface area (Å²) in [5.41, 5.74) is 5.68. The van der Waals surface area contributed by atoms with Crippen molar-refractivity contribution in [3.05, 3.63) is 12.7 Å². The van der Waals surface area contributed by atoms with Crippen LogP contribution in [0.1, 0.15) is 20.3 Å². The van der Waals surface area contributed by atoms with E-state index in [0.29, 0.717) is 0 Å². The van der Waals surface area contributed by atoms with Gasteiger partial charge in [0.1, 0.15) is 0 Å². The molecule has 0 bridgehead atoms. The summed E-state index contributed by atoms with van der Waals surface area (Å²) < 4.78 is 0. The van der Waals surface area contributed by atoms with Crippen molar-refractivity contribution >= 4 is 0 Å². The van der Waals surface area contributed by atoms with Crippen molar-refractivity contribution in [2.75, 3.05) is 19.6 Å². The molecule has 0 saturated carbocycles. The highest BCUT2D eigenvalue weighted by atomic mass is 15.1. The smallest absolute Gasteiger partial charge is 0.0161 e. The SMILES string of the molecule is C=CCN(CCC)CC(C)N. The Morgan fingerprint density at radius 2 is 2.27 bits per heavy atom. The van der Waals surface area contributed by atoms with Crippen molar-refractivity contribution in [3.63, 3.8) is 0 Å². The van der Waals surface area contributed by atoms with E-state index in [1.165, 1.54) is 6.42 Å². The molecule has 0 amide bonds. The van der Waals surface area contributed by atoms with E-state index in [4.69, 9.17) is 5.73 Å². The molecule has 2 heteroatoms. The molecule has 0 radical (unpaired) electrons. The van der Waals surface area contributed by atoms with Gasteiger partial charge in [-0.05, 0) is 19.9 Å². The average Bonchev–Trinajstić information content (AvgIpc) is 1.87. The summed E-state index contributed by atoms with van der Waals surface area (Å²) in [5, 5.41) is 0. The van der Waals surface area contributed by atoms with E-state index >= 15 is 0 Å². The molecule has 0 heterocycles. The monoisotopic (exact) mass is 156 g/mol. The zero-order chi connectivity index (χ0) is 8.69. The summed E-state index contributed by atoms with van der Waals surface area (Å²) in [5.74, 6) is 0. The second kappa shape index (κ2) is 6.38. The molecule has 2 N–H and O–H groups in total. The van der Waals surface area contributed by atoms with E-state index in [2.05, 4.69) is 18.4 Å². The molecular weight excluding hydrogens is 136 g/mol. The number of hydrogen-bond donors (Lipinski definition) is 1. The van der Waals surface area contributed by atoms with E-state index in [-0.39, 0.29) is 6.04 Å². The first-order valence-corrected chi connectivity index (χ1v) is 4.29. The molecule has 66 valence electrons. The molecule has 1 unspecified atom stereocenters. The third-order valence-corrected chi connectivity index (χ3v) is 1.47. The summed E-state index contributed by atoms with van der Waals surface area (Å²) >= 11 is 0. The predicted molar refractivity (Wildman–Crippen MR) is 50.6 cm³/mol. The van der Waals surface area contributed by atoms with Gasteiger partial charge < -0.3 is 5.73 Å². The molecule has 2 nitrogen and oxygen atoms in total. The van der Waals surface area contributed by atoms with Crippen molar-refractivity contribution in [1.29, 1.82) is 0 Å². The third-order valence-electron chi connectivity index (χ3n) is 1.47. The highest BCUT2D eigenvalue weighted by Gasteiger charge is 2.02. The normalized spacial score (nSPS) is 13.5. The van der Waals surface area contributed by atoms with Crippen molar-refractivity contribution in [2.24, 2.45) is 5.73 Å². The van der Waals surface area contributed by atoms with Crippen LogP contribution in [0.15, 0.2) is 12.7 Å². The maximum Gasteiger partial charge on any atom is 0.0161 e. The zero-order valence-corrected chi connectivity index (χ0v) is 7.71. The summed E-state index contributed by atoms with van der Waals surface area (Å²) in [7, 11) is 0. The Morgan fingerprint density at radius 1 is 1.64 bits per heavy atom. The van der Waals surface area contributed by atoms with Crippen LogP contribution in [0.3, 0.4) is 0 Å². The van der Waals surface area contributed by atoms with Crippen LogP contribution >= 0.6 is 0 Å². The number of nitrogens with zero attached hydrogens (tertiary/aromatic N) is 1. The summed E-state index contributed by atoms with van der Waals surface area (Å²) in [6, 6.07) is 0.265. The number of rotatable bonds is 6. The molecule has 0 aromatic carbocycles. The van der Waals surface area contributed by atoms with Gasteiger partial charge in [-0.1, -0.05) is 13.0 Å². The van der Waals surface area contributed by atoms with Gasteiger partial charge in [-0.3, -0.25) is 4.90 Å². The van der Waals surface area contributed by atoms with Gasteiger partial charge >= 0.3 is 0 Å². The van der Waals surface area contributed by atoms with Crippen molar-refractivity contribution in [1.82, 2.24) is 4.90 Å².